The van der Waals surface area contributed by atoms with Crippen LogP contribution in [-0.4, -0.2) is 39.0 Å². The number of carbonyl (C=O) groups excluding carboxylic acids is 2. The Labute approximate surface area is 226 Å². The van der Waals surface area contributed by atoms with Crippen LogP contribution >= 0.6 is 34.5 Å². The number of hydrazone groups is 1. The van der Waals surface area contributed by atoms with E-state index in [9.17, 15) is 9.59 Å². The number of hydrogen-bond acceptors (Lipinski definition) is 8. The van der Waals surface area contributed by atoms with Gasteiger partial charge < -0.3 is 10.5 Å². The zero-order chi connectivity index (χ0) is 26.7. The fourth-order valence-electron chi connectivity index (χ4n) is 3.51. The zero-order valence-electron chi connectivity index (χ0n) is 20.1. The zero-order valence-corrected chi connectivity index (χ0v) is 22.4. The number of esters is 1. The molecule has 0 saturated carbocycles. The van der Waals surface area contributed by atoms with Crippen LogP contribution in [-0.2, 0) is 4.74 Å². The molecule has 2 aromatic heterocycles. The van der Waals surface area contributed by atoms with Gasteiger partial charge in [-0.1, -0.05) is 53.5 Å². The molecule has 0 atom stereocenters. The fraction of sp³-hybridized carbons (Fsp3) is 0.160. The third kappa shape index (κ3) is 5.51. The van der Waals surface area contributed by atoms with Crippen LogP contribution in [0, 0.1) is 6.92 Å². The number of aryl methyl sites for hydroxylation is 1. The van der Waals surface area contributed by atoms with Gasteiger partial charge in [0.1, 0.15) is 16.4 Å². The van der Waals surface area contributed by atoms with Gasteiger partial charge in [-0.3, -0.25) is 4.79 Å². The van der Waals surface area contributed by atoms with Crippen molar-refractivity contribution in [3.05, 3.63) is 80.4 Å². The molecule has 2 heterocycles. The molecule has 0 aliphatic carbocycles. The Morgan fingerprint density at radius 3 is 2.59 bits per heavy atom. The van der Waals surface area contributed by atoms with Crippen LogP contribution in [0.3, 0.4) is 0 Å². The van der Waals surface area contributed by atoms with E-state index in [1.165, 1.54) is 22.1 Å². The maximum atomic E-state index is 13.2. The minimum atomic E-state index is -0.810. The molecule has 0 aliphatic heterocycles. The van der Waals surface area contributed by atoms with Gasteiger partial charge in [0.05, 0.1) is 33.6 Å². The number of nitrogens with zero attached hydrogens (tertiary/aromatic N) is 4. The second-order valence-electron chi connectivity index (χ2n) is 7.77. The maximum absolute atomic E-state index is 13.2. The minimum absolute atomic E-state index is 0.0834. The van der Waals surface area contributed by atoms with Crippen LogP contribution in [0.25, 0.3) is 16.3 Å². The first-order valence-electron chi connectivity index (χ1n) is 11.1. The van der Waals surface area contributed by atoms with Gasteiger partial charge in [0.25, 0.3) is 5.91 Å². The van der Waals surface area contributed by atoms with E-state index in [-0.39, 0.29) is 28.7 Å². The van der Waals surface area contributed by atoms with Gasteiger partial charge in [0.15, 0.2) is 5.69 Å². The highest BCUT2D eigenvalue weighted by atomic mass is 35.5. The minimum Gasteiger partial charge on any atom is -0.461 e. The molecule has 9 nitrogen and oxygen atoms in total. The van der Waals surface area contributed by atoms with Gasteiger partial charge in [-0.15, -0.1) is 11.3 Å². The monoisotopic (exact) mass is 556 g/mol. The summed E-state index contributed by atoms with van der Waals surface area (Å²) in [5, 5.41) is 9.93. The van der Waals surface area contributed by atoms with Crippen molar-refractivity contribution in [3.63, 3.8) is 0 Å². The van der Waals surface area contributed by atoms with Crippen LogP contribution in [0.5, 0.6) is 0 Å². The van der Waals surface area contributed by atoms with Crippen LogP contribution in [0.4, 0.5) is 5.82 Å². The molecule has 190 valence electrons. The Bertz CT molecular complexity index is 1510. The number of benzene rings is 2. The summed E-state index contributed by atoms with van der Waals surface area (Å²) in [6.45, 7) is 5.35. The van der Waals surface area contributed by atoms with Crippen LogP contribution in [0.2, 0.25) is 10.0 Å². The van der Waals surface area contributed by atoms with E-state index in [4.69, 9.17) is 33.7 Å². The second kappa shape index (κ2) is 11.1. The lowest BCUT2D eigenvalue weighted by Gasteiger charge is -2.07. The summed E-state index contributed by atoms with van der Waals surface area (Å²) in [7, 11) is 0. The van der Waals surface area contributed by atoms with Crippen molar-refractivity contribution in [1.82, 2.24) is 20.2 Å². The number of nitrogens with one attached hydrogen (secondary N) is 1. The molecule has 0 aliphatic rings. The average Bonchev–Trinajstić information content (AvgIpc) is 3.43. The van der Waals surface area contributed by atoms with E-state index in [1.807, 2.05) is 37.3 Å². The molecular weight excluding hydrogens is 535 g/mol. The number of amides is 1. The van der Waals surface area contributed by atoms with Crippen LogP contribution in [0.15, 0.2) is 53.6 Å². The number of hydrogen-bond donors (Lipinski definition) is 2. The number of thiazole rings is 1. The Morgan fingerprint density at radius 1 is 1.19 bits per heavy atom. The predicted molar refractivity (Wildman–Crippen MR) is 146 cm³/mol. The molecule has 37 heavy (non-hydrogen) atoms. The van der Waals surface area contributed by atoms with Crippen LogP contribution in [0.1, 0.15) is 45.3 Å². The molecule has 0 fully saturated rings. The summed E-state index contributed by atoms with van der Waals surface area (Å²) in [5.41, 5.74) is 10.9. The number of nitrogens with two attached hydrogens (primary N) is 1. The predicted octanol–water partition coefficient (Wildman–Crippen LogP) is 5.52. The summed E-state index contributed by atoms with van der Waals surface area (Å²) >= 11 is 13.8. The number of carbonyl (C=O) groups is 2. The summed E-state index contributed by atoms with van der Waals surface area (Å²) in [6.07, 6.45) is 0. The van der Waals surface area contributed by atoms with Gasteiger partial charge in [0.2, 0.25) is 0 Å². The Balaban J connectivity index is 1.67. The first-order chi connectivity index (χ1) is 17.7. The van der Waals surface area contributed by atoms with Gasteiger partial charge in [-0.2, -0.15) is 10.2 Å². The standard InChI is InChI=1S/C25H22Cl2N6O3S/c1-4-36-25(35)20-19(22(28)33(32-20)18-11-10-16(26)12-17(18)27)23(34)31-30-14(3)21-13(2)29-24(37-21)15-8-6-5-7-9-15/h5-12H,4,28H2,1-3H3,(H,31,34)/b30-14+. The van der Waals surface area contributed by atoms with Gasteiger partial charge in [0, 0.05) is 10.6 Å². The Hall–Kier alpha value is -3.73. The molecule has 0 saturated heterocycles. The smallest absolute Gasteiger partial charge is 0.359 e. The topological polar surface area (TPSA) is 124 Å². The third-order valence-electron chi connectivity index (χ3n) is 5.23. The number of anilines is 1. The molecule has 3 N–H and O–H groups in total. The Kier molecular flexibility index (Phi) is 7.91. The lowest BCUT2D eigenvalue weighted by Crippen LogP contribution is -2.23. The Morgan fingerprint density at radius 2 is 1.92 bits per heavy atom. The van der Waals surface area contributed by atoms with Crippen molar-refractivity contribution in [3.8, 4) is 16.3 Å². The molecule has 0 bridgehead atoms. The SMILES string of the molecule is CCOC(=O)c1nn(-c2ccc(Cl)cc2Cl)c(N)c1C(=O)N/N=C(\C)c1sc(-c2ccccc2)nc1C. The van der Waals surface area contributed by atoms with E-state index in [0.717, 1.165) is 21.1 Å². The molecule has 0 spiro atoms. The average molecular weight is 557 g/mol. The fourth-order valence-corrected chi connectivity index (χ4v) is 5.02. The highest BCUT2D eigenvalue weighted by molar-refractivity contribution is 7.17. The summed E-state index contributed by atoms with van der Waals surface area (Å²) in [6, 6.07) is 14.4. The highest BCUT2D eigenvalue weighted by Crippen LogP contribution is 2.30. The van der Waals surface area contributed by atoms with Gasteiger partial charge in [-0.25, -0.2) is 19.9 Å². The molecule has 1 amide bonds. The molecule has 2 aromatic carbocycles. The van der Waals surface area contributed by atoms with E-state index in [1.54, 1.807) is 26.0 Å². The van der Waals surface area contributed by atoms with Gasteiger partial charge >= 0.3 is 5.97 Å². The highest BCUT2D eigenvalue weighted by Gasteiger charge is 2.29. The number of halogens is 2. The summed E-state index contributed by atoms with van der Waals surface area (Å²) in [5.74, 6) is -1.66. The summed E-state index contributed by atoms with van der Waals surface area (Å²) < 4.78 is 6.27. The first kappa shape index (κ1) is 26.3. The number of ether oxygens (including phenoxy) is 1. The molecule has 4 aromatic rings. The first-order valence-corrected chi connectivity index (χ1v) is 12.7. The van der Waals surface area contributed by atoms with E-state index >= 15 is 0 Å². The quantitative estimate of drug-likeness (QED) is 0.175. The number of nitrogen functional groups attached to an aromatic ring is 1. The normalized spacial score (nSPS) is 11.4. The maximum Gasteiger partial charge on any atom is 0.359 e. The second-order valence-corrected chi connectivity index (χ2v) is 9.62. The molecule has 4 rings (SSSR count). The van der Waals surface area contributed by atoms with E-state index < -0.39 is 11.9 Å². The number of rotatable bonds is 7. The summed E-state index contributed by atoms with van der Waals surface area (Å²) in [4.78, 5) is 31.2. The molecular formula is C25H22Cl2N6O3S. The van der Waals surface area contributed by atoms with Crippen molar-refractivity contribution in [1.29, 1.82) is 0 Å². The van der Waals surface area contributed by atoms with Crippen LogP contribution < -0.4 is 11.2 Å². The van der Waals surface area contributed by atoms with Crippen molar-refractivity contribution in [2.75, 3.05) is 12.3 Å². The molecule has 0 radical (unpaired) electrons. The van der Waals surface area contributed by atoms with Crippen molar-refractivity contribution < 1.29 is 14.3 Å². The third-order valence-corrected chi connectivity index (χ3v) is 7.08. The van der Waals surface area contributed by atoms with Crippen molar-refractivity contribution >= 4 is 57.9 Å². The van der Waals surface area contributed by atoms with E-state index in [0.29, 0.717) is 16.4 Å². The van der Waals surface area contributed by atoms with Gasteiger partial charge in [-0.05, 0) is 39.0 Å². The largest absolute Gasteiger partial charge is 0.461 e. The van der Waals surface area contributed by atoms with Crippen molar-refractivity contribution in [2.45, 2.75) is 20.8 Å². The molecule has 0 unspecified atom stereocenters. The lowest BCUT2D eigenvalue weighted by atomic mass is 10.2. The lowest BCUT2D eigenvalue weighted by molar-refractivity contribution is 0.0515. The van der Waals surface area contributed by atoms with E-state index in [2.05, 4.69) is 20.6 Å². The number of aromatic nitrogens is 3. The van der Waals surface area contributed by atoms with Crippen molar-refractivity contribution in [2.24, 2.45) is 5.10 Å². The molecule has 12 heteroatoms.